The largest absolute Gasteiger partial charge is 0.298 e. The van der Waals surface area contributed by atoms with Gasteiger partial charge in [-0.3, -0.25) is 14.4 Å². The summed E-state index contributed by atoms with van der Waals surface area (Å²) in [6.45, 7) is 14.5. The smallest absolute Gasteiger partial charge is 0.167 e. The molecule has 1 aromatic heterocycles. The quantitative estimate of drug-likeness (QED) is 0.725. The molecule has 0 amide bonds. The molecule has 1 atom stereocenters. The van der Waals surface area contributed by atoms with E-state index in [0.29, 0.717) is 5.78 Å². The molecular weight excluding hydrogens is 334 g/mol. The average molecular weight is 368 g/mol. The fourth-order valence-electron chi connectivity index (χ4n) is 3.98. The van der Waals surface area contributed by atoms with Crippen molar-refractivity contribution in [3.8, 4) is 0 Å². The molecule has 146 valence electrons. The molecule has 0 saturated carbocycles. The number of aromatic nitrogens is 2. The van der Waals surface area contributed by atoms with E-state index in [9.17, 15) is 4.79 Å². The summed E-state index contributed by atoms with van der Waals surface area (Å²) >= 11 is 0. The zero-order valence-corrected chi connectivity index (χ0v) is 17.5. The van der Waals surface area contributed by atoms with Crippen molar-refractivity contribution in [3.05, 3.63) is 52.8 Å². The number of carbonyl (C=O) groups excluding carboxylic acids is 1. The number of hydrogen-bond donors (Lipinski definition) is 0. The van der Waals surface area contributed by atoms with Crippen LogP contribution in [0, 0.1) is 12.8 Å². The molecule has 0 N–H and O–H groups in total. The highest BCUT2D eigenvalue weighted by Gasteiger charge is 2.27. The topological polar surface area (TPSA) is 38.1 Å². The highest BCUT2D eigenvalue weighted by atomic mass is 16.1. The van der Waals surface area contributed by atoms with E-state index < -0.39 is 0 Å². The number of rotatable bonds is 5. The number of carbonyl (C=O) groups is 1. The first-order valence-electron chi connectivity index (χ1n) is 10.2. The summed E-state index contributed by atoms with van der Waals surface area (Å²) in [5.41, 5.74) is 4.75. The second kappa shape index (κ2) is 7.97. The van der Waals surface area contributed by atoms with Gasteiger partial charge in [0.2, 0.25) is 0 Å². The summed E-state index contributed by atoms with van der Waals surface area (Å²) in [4.78, 5) is 15.4. The molecule has 1 saturated heterocycles. The molecule has 1 aliphatic heterocycles. The number of benzene rings is 1. The Morgan fingerprint density at radius 1 is 1.22 bits per heavy atom. The molecule has 2 heterocycles. The third-order valence-corrected chi connectivity index (χ3v) is 5.81. The van der Waals surface area contributed by atoms with Gasteiger partial charge in [-0.05, 0) is 44.2 Å². The Hall–Kier alpha value is -1.94. The molecule has 27 heavy (non-hydrogen) atoms. The lowest BCUT2D eigenvalue weighted by molar-refractivity contribution is 0.0811. The van der Waals surface area contributed by atoms with Gasteiger partial charge in [0.15, 0.2) is 5.78 Å². The number of Topliss-reactive ketones (excluding diaryl/α,β-unsaturated/α-hetero) is 1. The van der Waals surface area contributed by atoms with Crippen LogP contribution >= 0.6 is 0 Å². The van der Waals surface area contributed by atoms with Gasteiger partial charge in [0.25, 0.3) is 0 Å². The highest BCUT2D eigenvalue weighted by Crippen LogP contribution is 2.26. The summed E-state index contributed by atoms with van der Waals surface area (Å²) in [7, 11) is 0. The zero-order chi connectivity index (χ0) is 19.6. The van der Waals surface area contributed by atoms with Crippen molar-refractivity contribution in [1.29, 1.82) is 0 Å². The number of likely N-dealkylation sites (tertiary alicyclic amines) is 1. The molecule has 3 rings (SSSR count). The molecular formula is C23H33N3O. The van der Waals surface area contributed by atoms with Gasteiger partial charge < -0.3 is 0 Å². The van der Waals surface area contributed by atoms with E-state index in [-0.39, 0.29) is 11.3 Å². The van der Waals surface area contributed by atoms with Crippen LogP contribution in [0.5, 0.6) is 0 Å². The predicted octanol–water partition coefficient (Wildman–Crippen LogP) is 4.60. The Morgan fingerprint density at radius 2 is 1.93 bits per heavy atom. The Balaban J connectivity index is 1.66. The summed E-state index contributed by atoms with van der Waals surface area (Å²) in [5.74, 6) is 0.391. The first-order valence-corrected chi connectivity index (χ1v) is 10.2. The van der Waals surface area contributed by atoms with Gasteiger partial charge in [-0.15, -0.1) is 0 Å². The number of piperidine rings is 1. The molecule has 0 radical (unpaired) electrons. The Morgan fingerprint density at radius 3 is 2.52 bits per heavy atom. The van der Waals surface area contributed by atoms with Crippen LogP contribution in [0.2, 0.25) is 0 Å². The van der Waals surface area contributed by atoms with Gasteiger partial charge in [-0.1, -0.05) is 45.0 Å². The summed E-state index contributed by atoms with van der Waals surface area (Å²) in [6.07, 6.45) is 4.05. The normalized spacial score (nSPS) is 18.6. The van der Waals surface area contributed by atoms with E-state index >= 15 is 0 Å². The zero-order valence-electron chi connectivity index (χ0n) is 17.5. The molecule has 1 aromatic carbocycles. The highest BCUT2D eigenvalue weighted by molar-refractivity contribution is 5.98. The second-order valence-electron chi connectivity index (χ2n) is 8.84. The van der Waals surface area contributed by atoms with Crippen molar-refractivity contribution in [1.82, 2.24) is 14.7 Å². The van der Waals surface area contributed by atoms with Crippen molar-refractivity contribution < 1.29 is 4.79 Å². The van der Waals surface area contributed by atoms with E-state index in [0.717, 1.165) is 44.6 Å². The van der Waals surface area contributed by atoms with Crippen molar-refractivity contribution in [2.45, 2.75) is 66.0 Å². The summed E-state index contributed by atoms with van der Waals surface area (Å²) in [5, 5.41) is 4.45. The van der Waals surface area contributed by atoms with Crippen molar-refractivity contribution in [2.24, 2.45) is 5.92 Å². The van der Waals surface area contributed by atoms with Crippen LogP contribution in [0.15, 0.2) is 30.5 Å². The molecule has 4 nitrogen and oxygen atoms in total. The van der Waals surface area contributed by atoms with E-state index in [1.54, 1.807) is 0 Å². The molecule has 1 aliphatic rings. The van der Waals surface area contributed by atoms with Gasteiger partial charge in [-0.25, -0.2) is 0 Å². The minimum absolute atomic E-state index is 0.0979. The minimum atomic E-state index is 0.0979. The monoisotopic (exact) mass is 367 g/mol. The maximum atomic E-state index is 13.0. The van der Waals surface area contributed by atoms with Gasteiger partial charge in [-0.2, -0.15) is 5.10 Å². The Labute approximate surface area is 163 Å². The van der Waals surface area contributed by atoms with Crippen LogP contribution in [0.4, 0.5) is 0 Å². The lowest BCUT2D eigenvalue weighted by Gasteiger charge is -2.32. The fraction of sp³-hybridized carbons (Fsp3) is 0.565. The van der Waals surface area contributed by atoms with Gasteiger partial charge in [0, 0.05) is 42.4 Å². The van der Waals surface area contributed by atoms with Crippen molar-refractivity contribution in [2.75, 3.05) is 13.1 Å². The van der Waals surface area contributed by atoms with Crippen LogP contribution in [-0.2, 0) is 18.5 Å². The Bertz CT molecular complexity index is 783. The SMILES string of the molecule is CCn1ncc(CN2CCCC(C(=O)c3ccc(C(C)(C)C)cc3)C2)c1C. The van der Waals surface area contributed by atoms with Crippen LogP contribution in [0.3, 0.4) is 0 Å². The maximum absolute atomic E-state index is 13.0. The van der Waals surface area contributed by atoms with E-state index in [4.69, 9.17) is 0 Å². The van der Waals surface area contributed by atoms with Crippen LogP contribution < -0.4 is 0 Å². The molecule has 1 fully saturated rings. The van der Waals surface area contributed by atoms with E-state index in [1.807, 2.05) is 23.0 Å². The van der Waals surface area contributed by atoms with Crippen molar-refractivity contribution in [3.63, 3.8) is 0 Å². The van der Waals surface area contributed by atoms with E-state index in [2.05, 4.69) is 56.8 Å². The average Bonchev–Trinajstić information content (AvgIpc) is 3.00. The number of hydrogen-bond acceptors (Lipinski definition) is 3. The molecule has 0 spiro atoms. The lowest BCUT2D eigenvalue weighted by Crippen LogP contribution is -2.38. The van der Waals surface area contributed by atoms with Crippen LogP contribution in [-0.4, -0.2) is 33.6 Å². The minimum Gasteiger partial charge on any atom is -0.298 e. The predicted molar refractivity (Wildman–Crippen MR) is 110 cm³/mol. The molecule has 4 heteroatoms. The van der Waals surface area contributed by atoms with Gasteiger partial charge >= 0.3 is 0 Å². The number of aryl methyl sites for hydroxylation is 1. The molecule has 2 aromatic rings. The van der Waals surface area contributed by atoms with Crippen LogP contribution in [0.25, 0.3) is 0 Å². The first-order chi connectivity index (χ1) is 12.8. The van der Waals surface area contributed by atoms with E-state index in [1.165, 1.54) is 16.8 Å². The third kappa shape index (κ3) is 4.49. The Kier molecular flexibility index (Phi) is 5.85. The molecule has 0 bridgehead atoms. The van der Waals surface area contributed by atoms with Crippen molar-refractivity contribution >= 4 is 5.78 Å². The standard InChI is InChI=1S/C23H33N3O/c1-6-26-17(2)20(14-24-26)16-25-13-7-8-19(15-25)22(27)18-9-11-21(12-10-18)23(3,4)5/h9-12,14,19H,6-8,13,15-16H2,1-5H3. The number of ketones is 1. The van der Waals surface area contributed by atoms with Crippen LogP contribution in [0.1, 0.15) is 67.7 Å². The van der Waals surface area contributed by atoms with Gasteiger partial charge in [0.05, 0.1) is 6.20 Å². The summed E-state index contributed by atoms with van der Waals surface area (Å²) in [6, 6.07) is 8.24. The van der Waals surface area contributed by atoms with Gasteiger partial charge in [0.1, 0.15) is 0 Å². The molecule has 0 aliphatic carbocycles. The summed E-state index contributed by atoms with van der Waals surface area (Å²) < 4.78 is 2.04. The fourth-order valence-corrected chi connectivity index (χ4v) is 3.98. The first kappa shape index (κ1) is 19.8. The maximum Gasteiger partial charge on any atom is 0.167 e. The molecule has 1 unspecified atom stereocenters. The number of nitrogens with zero attached hydrogens (tertiary/aromatic N) is 3. The second-order valence-corrected chi connectivity index (χ2v) is 8.84. The third-order valence-electron chi connectivity index (χ3n) is 5.81. The lowest BCUT2D eigenvalue weighted by atomic mass is 9.85.